The van der Waals surface area contributed by atoms with Crippen LogP contribution in [0.15, 0.2) is 12.4 Å². The normalized spacial score (nSPS) is 14.4. The van der Waals surface area contributed by atoms with Crippen LogP contribution in [0.3, 0.4) is 0 Å². The highest BCUT2D eigenvalue weighted by molar-refractivity contribution is 5.28. The van der Waals surface area contributed by atoms with E-state index in [1.54, 1.807) is 14.2 Å². The summed E-state index contributed by atoms with van der Waals surface area (Å²) in [6.07, 6.45) is 6.03. The molecule has 0 bridgehead atoms. The van der Waals surface area contributed by atoms with Gasteiger partial charge >= 0.3 is 0 Å². The average molecular weight is 255 g/mol. The molecule has 104 valence electrons. The van der Waals surface area contributed by atoms with Gasteiger partial charge in [0, 0.05) is 32.7 Å². The van der Waals surface area contributed by atoms with Crippen molar-refractivity contribution in [2.45, 2.75) is 38.8 Å². The van der Waals surface area contributed by atoms with E-state index in [-0.39, 0.29) is 6.04 Å². The van der Waals surface area contributed by atoms with E-state index >= 15 is 0 Å². The largest absolute Gasteiger partial charge is 0.383 e. The van der Waals surface area contributed by atoms with Gasteiger partial charge in [0.15, 0.2) is 0 Å². The van der Waals surface area contributed by atoms with Crippen molar-refractivity contribution in [3.05, 3.63) is 12.4 Å². The monoisotopic (exact) mass is 255 g/mol. The summed E-state index contributed by atoms with van der Waals surface area (Å²) < 4.78 is 12.6. The second-order valence-corrected chi connectivity index (χ2v) is 4.56. The van der Waals surface area contributed by atoms with Gasteiger partial charge in [-0.2, -0.15) is 0 Å². The van der Waals surface area contributed by atoms with Crippen LogP contribution in [0.25, 0.3) is 0 Å². The molecule has 0 aromatic carbocycles. The summed E-state index contributed by atoms with van der Waals surface area (Å²) in [6, 6.07) is 0.570. The SMILES string of the molecule is CCCC(COC)n1ccnc1NC(C)COC. The van der Waals surface area contributed by atoms with Gasteiger partial charge < -0.3 is 19.4 Å². The molecular formula is C13H25N3O2. The highest BCUT2D eigenvalue weighted by Gasteiger charge is 2.15. The number of hydrogen-bond donors (Lipinski definition) is 1. The van der Waals surface area contributed by atoms with Gasteiger partial charge in [-0.3, -0.25) is 0 Å². The van der Waals surface area contributed by atoms with Crippen molar-refractivity contribution in [2.24, 2.45) is 0 Å². The van der Waals surface area contributed by atoms with Gasteiger partial charge in [-0.25, -0.2) is 4.98 Å². The maximum absolute atomic E-state index is 5.29. The second-order valence-electron chi connectivity index (χ2n) is 4.56. The van der Waals surface area contributed by atoms with E-state index < -0.39 is 0 Å². The van der Waals surface area contributed by atoms with Crippen LogP contribution < -0.4 is 5.32 Å². The summed E-state index contributed by atoms with van der Waals surface area (Å²) in [5.41, 5.74) is 0. The molecule has 0 amide bonds. The molecule has 0 aliphatic carbocycles. The third kappa shape index (κ3) is 4.31. The fourth-order valence-corrected chi connectivity index (χ4v) is 2.06. The number of imidazole rings is 1. The third-order valence-electron chi connectivity index (χ3n) is 2.84. The molecule has 1 rings (SSSR count). The Hall–Kier alpha value is -1.07. The van der Waals surface area contributed by atoms with Crippen LogP contribution in [0.2, 0.25) is 0 Å². The summed E-state index contributed by atoms with van der Waals surface area (Å²) in [7, 11) is 3.44. The number of methoxy groups -OCH3 is 2. The van der Waals surface area contributed by atoms with Crippen molar-refractivity contribution in [1.29, 1.82) is 0 Å². The van der Waals surface area contributed by atoms with Gasteiger partial charge in [0.05, 0.1) is 19.3 Å². The first-order valence-corrected chi connectivity index (χ1v) is 6.50. The highest BCUT2D eigenvalue weighted by atomic mass is 16.5. The zero-order valence-corrected chi connectivity index (χ0v) is 11.8. The lowest BCUT2D eigenvalue weighted by Crippen LogP contribution is -2.25. The lowest BCUT2D eigenvalue weighted by molar-refractivity contribution is 0.151. The molecule has 5 nitrogen and oxygen atoms in total. The van der Waals surface area contributed by atoms with Gasteiger partial charge in [-0.15, -0.1) is 0 Å². The Balaban J connectivity index is 2.72. The fourth-order valence-electron chi connectivity index (χ4n) is 2.06. The maximum Gasteiger partial charge on any atom is 0.203 e. The molecule has 18 heavy (non-hydrogen) atoms. The summed E-state index contributed by atoms with van der Waals surface area (Å²) in [5.74, 6) is 0.884. The van der Waals surface area contributed by atoms with Gasteiger partial charge in [0.2, 0.25) is 5.95 Å². The van der Waals surface area contributed by atoms with E-state index in [4.69, 9.17) is 9.47 Å². The van der Waals surface area contributed by atoms with Crippen molar-refractivity contribution in [1.82, 2.24) is 9.55 Å². The maximum atomic E-state index is 5.29. The highest BCUT2D eigenvalue weighted by Crippen LogP contribution is 2.19. The van der Waals surface area contributed by atoms with Crippen molar-refractivity contribution in [2.75, 3.05) is 32.8 Å². The molecule has 0 fully saturated rings. The molecule has 1 N–H and O–H groups in total. The van der Waals surface area contributed by atoms with Crippen molar-refractivity contribution in [3.8, 4) is 0 Å². The Bertz CT molecular complexity index is 322. The van der Waals surface area contributed by atoms with Gasteiger partial charge in [-0.05, 0) is 13.3 Å². The number of hydrogen-bond acceptors (Lipinski definition) is 4. The number of nitrogens with one attached hydrogen (secondary N) is 1. The lowest BCUT2D eigenvalue weighted by Gasteiger charge is -2.21. The van der Waals surface area contributed by atoms with Gasteiger partial charge in [-0.1, -0.05) is 13.3 Å². The molecule has 2 unspecified atom stereocenters. The number of nitrogens with zero attached hydrogens (tertiary/aromatic N) is 2. The fraction of sp³-hybridized carbons (Fsp3) is 0.769. The molecule has 1 heterocycles. The standard InChI is InChI=1S/C13H25N3O2/c1-5-6-12(10-18-4)16-8-7-14-13(16)15-11(2)9-17-3/h7-8,11-12H,5-6,9-10H2,1-4H3,(H,14,15). The molecule has 1 aromatic heterocycles. The second kappa shape index (κ2) is 8.11. The molecular weight excluding hydrogens is 230 g/mol. The third-order valence-corrected chi connectivity index (χ3v) is 2.84. The quantitative estimate of drug-likeness (QED) is 0.735. The molecule has 2 atom stereocenters. The van der Waals surface area contributed by atoms with E-state index in [1.165, 1.54) is 0 Å². The predicted molar refractivity (Wildman–Crippen MR) is 73.0 cm³/mol. The first kappa shape index (κ1) is 15.0. The van der Waals surface area contributed by atoms with Crippen LogP contribution in [0.5, 0.6) is 0 Å². The minimum Gasteiger partial charge on any atom is -0.383 e. The summed E-state index contributed by atoms with van der Waals surface area (Å²) in [5, 5.41) is 3.36. The van der Waals surface area contributed by atoms with Crippen molar-refractivity contribution in [3.63, 3.8) is 0 Å². The van der Waals surface area contributed by atoms with E-state index in [9.17, 15) is 0 Å². The number of ether oxygens (including phenoxy) is 2. The van der Waals surface area contributed by atoms with Crippen LogP contribution in [-0.4, -0.2) is 43.0 Å². The van der Waals surface area contributed by atoms with Crippen LogP contribution in [0, 0.1) is 0 Å². The minimum absolute atomic E-state index is 0.237. The molecule has 0 saturated heterocycles. The molecule has 0 radical (unpaired) electrons. The average Bonchev–Trinajstić information content (AvgIpc) is 2.77. The Morgan fingerprint density at radius 2 is 2.06 bits per heavy atom. The van der Waals surface area contributed by atoms with Crippen molar-refractivity contribution < 1.29 is 9.47 Å². The Kier molecular flexibility index (Phi) is 6.75. The van der Waals surface area contributed by atoms with Crippen LogP contribution >= 0.6 is 0 Å². The summed E-state index contributed by atoms with van der Waals surface area (Å²) in [4.78, 5) is 4.36. The van der Waals surface area contributed by atoms with E-state index in [0.717, 1.165) is 18.8 Å². The van der Waals surface area contributed by atoms with E-state index in [0.29, 0.717) is 19.3 Å². The number of anilines is 1. The van der Waals surface area contributed by atoms with Crippen LogP contribution in [-0.2, 0) is 9.47 Å². The Morgan fingerprint density at radius 3 is 2.67 bits per heavy atom. The van der Waals surface area contributed by atoms with E-state index in [1.807, 2.05) is 12.4 Å². The first-order chi connectivity index (χ1) is 8.72. The first-order valence-electron chi connectivity index (χ1n) is 6.50. The smallest absolute Gasteiger partial charge is 0.203 e. The molecule has 0 saturated carbocycles. The molecule has 0 aliphatic heterocycles. The molecule has 0 spiro atoms. The Morgan fingerprint density at radius 1 is 1.33 bits per heavy atom. The van der Waals surface area contributed by atoms with Gasteiger partial charge in [0.1, 0.15) is 0 Å². The molecule has 1 aromatic rings. The minimum atomic E-state index is 0.237. The lowest BCUT2D eigenvalue weighted by atomic mass is 10.2. The van der Waals surface area contributed by atoms with Crippen LogP contribution in [0.4, 0.5) is 5.95 Å². The Labute approximate surface area is 109 Å². The number of aromatic nitrogens is 2. The van der Waals surface area contributed by atoms with E-state index in [2.05, 4.69) is 28.7 Å². The topological polar surface area (TPSA) is 48.3 Å². The zero-order valence-electron chi connectivity index (χ0n) is 11.8. The van der Waals surface area contributed by atoms with Crippen LogP contribution in [0.1, 0.15) is 32.7 Å². The molecule has 5 heteroatoms. The molecule has 0 aliphatic rings. The number of rotatable bonds is 9. The van der Waals surface area contributed by atoms with Gasteiger partial charge in [0.25, 0.3) is 0 Å². The van der Waals surface area contributed by atoms with Crippen molar-refractivity contribution >= 4 is 5.95 Å². The summed E-state index contributed by atoms with van der Waals surface area (Å²) >= 11 is 0. The summed E-state index contributed by atoms with van der Waals surface area (Å²) in [6.45, 7) is 5.63. The predicted octanol–water partition coefficient (Wildman–Crippen LogP) is 2.32. The zero-order chi connectivity index (χ0) is 13.4.